The second-order valence-corrected chi connectivity index (χ2v) is 9.10. The van der Waals surface area contributed by atoms with Gasteiger partial charge in [-0.15, -0.1) is 0 Å². The van der Waals surface area contributed by atoms with Crippen molar-refractivity contribution in [2.45, 2.75) is 65.2 Å². The molecule has 7 nitrogen and oxygen atoms in total. The number of halogens is 3. The van der Waals surface area contributed by atoms with Gasteiger partial charge in [0.15, 0.2) is 5.82 Å². The summed E-state index contributed by atoms with van der Waals surface area (Å²) >= 11 is 0. The molecule has 0 saturated heterocycles. The van der Waals surface area contributed by atoms with Gasteiger partial charge in [-0.25, -0.2) is 4.98 Å². The first-order valence-corrected chi connectivity index (χ1v) is 11.2. The molecule has 2 aliphatic rings. The largest absolute Gasteiger partial charge is 0.421 e. The third-order valence-electron chi connectivity index (χ3n) is 6.55. The highest BCUT2D eigenvalue weighted by Gasteiger charge is 2.36. The number of alkyl halides is 3. The molecule has 2 aromatic heterocycles. The monoisotopic (exact) mass is 462 g/mol. The van der Waals surface area contributed by atoms with Crippen molar-refractivity contribution in [1.82, 2.24) is 20.2 Å². The lowest BCUT2D eigenvalue weighted by molar-refractivity contribution is -0.137. The van der Waals surface area contributed by atoms with Crippen LogP contribution >= 0.6 is 0 Å². The first-order valence-electron chi connectivity index (χ1n) is 11.2. The maximum absolute atomic E-state index is 13.5. The molecule has 0 aromatic carbocycles. The third-order valence-corrected chi connectivity index (χ3v) is 6.55. The molecule has 33 heavy (non-hydrogen) atoms. The predicted molar refractivity (Wildman–Crippen MR) is 120 cm³/mol. The van der Waals surface area contributed by atoms with Gasteiger partial charge in [0.1, 0.15) is 11.4 Å². The van der Waals surface area contributed by atoms with Crippen LogP contribution in [0.2, 0.25) is 0 Å². The summed E-state index contributed by atoms with van der Waals surface area (Å²) in [4.78, 5) is 8.04. The molecule has 2 aliphatic carbocycles. The topological polar surface area (TPSA) is 98.8 Å². The van der Waals surface area contributed by atoms with Crippen LogP contribution in [0.3, 0.4) is 0 Å². The van der Waals surface area contributed by atoms with E-state index in [4.69, 9.17) is 0 Å². The zero-order chi connectivity index (χ0) is 23.8. The van der Waals surface area contributed by atoms with Crippen molar-refractivity contribution in [3.63, 3.8) is 0 Å². The number of nitrogens with one attached hydrogen (secondary N) is 3. The van der Waals surface area contributed by atoms with Gasteiger partial charge in [0.05, 0.1) is 6.10 Å². The number of hydrogen-bond donors (Lipinski definition) is 4. The first-order chi connectivity index (χ1) is 15.6. The number of aromatic amines is 1. The lowest BCUT2D eigenvalue weighted by Crippen LogP contribution is -2.27. The van der Waals surface area contributed by atoms with Crippen LogP contribution in [-0.4, -0.2) is 31.4 Å². The Bertz CT molecular complexity index is 1070. The highest BCUT2D eigenvalue weighted by molar-refractivity contribution is 5.59. The van der Waals surface area contributed by atoms with Gasteiger partial charge in [0.2, 0.25) is 5.95 Å². The highest BCUT2D eigenvalue weighted by atomic mass is 19.4. The van der Waals surface area contributed by atoms with Crippen LogP contribution in [0.5, 0.6) is 0 Å². The summed E-state index contributed by atoms with van der Waals surface area (Å²) in [6, 6.07) is 1.60. The van der Waals surface area contributed by atoms with Crippen molar-refractivity contribution in [3.05, 3.63) is 46.4 Å². The van der Waals surface area contributed by atoms with Crippen LogP contribution in [0.15, 0.2) is 35.2 Å². The zero-order valence-corrected chi connectivity index (χ0v) is 18.9. The molecule has 178 valence electrons. The van der Waals surface area contributed by atoms with Gasteiger partial charge < -0.3 is 15.7 Å². The number of rotatable bonds is 5. The molecule has 1 saturated carbocycles. The summed E-state index contributed by atoms with van der Waals surface area (Å²) in [5.41, 5.74) is 2.89. The Morgan fingerprint density at radius 2 is 1.82 bits per heavy atom. The number of allylic oxidation sites excluding steroid dienone is 3. The van der Waals surface area contributed by atoms with Crippen LogP contribution in [0.25, 0.3) is 0 Å². The van der Waals surface area contributed by atoms with E-state index in [0.717, 1.165) is 49.6 Å². The van der Waals surface area contributed by atoms with Gasteiger partial charge in [-0.2, -0.15) is 23.3 Å². The minimum Gasteiger partial charge on any atom is -0.393 e. The minimum atomic E-state index is -4.61. The lowest BCUT2D eigenvalue weighted by atomic mass is 9.72. The van der Waals surface area contributed by atoms with Crippen molar-refractivity contribution in [3.8, 4) is 0 Å². The van der Waals surface area contributed by atoms with E-state index < -0.39 is 11.7 Å². The maximum Gasteiger partial charge on any atom is 0.421 e. The molecule has 4 N–H and O–H groups in total. The average Bonchev–Trinajstić information content (AvgIpc) is 3.15. The number of aryl methyl sites for hydroxylation is 1. The van der Waals surface area contributed by atoms with Crippen LogP contribution in [0, 0.1) is 18.8 Å². The number of hydrogen-bond acceptors (Lipinski definition) is 6. The van der Waals surface area contributed by atoms with Crippen LogP contribution in [0.1, 0.15) is 57.2 Å². The Labute approximate surface area is 190 Å². The van der Waals surface area contributed by atoms with E-state index in [2.05, 4.69) is 37.7 Å². The third kappa shape index (κ3) is 5.38. The van der Waals surface area contributed by atoms with E-state index in [1.165, 1.54) is 5.57 Å². The van der Waals surface area contributed by atoms with Crippen LogP contribution in [-0.2, 0) is 6.18 Å². The summed E-state index contributed by atoms with van der Waals surface area (Å²) in [7, 11) is 0. The highest BCUT2D eigenvalue weighted by Crippen LogP contribution is 2.41. The predicted octanol–water partition coefficient (Wildman–Crippen LogP) is 5.47. The molecule has 2 aromatic rings. The summed E-state index contributed by atoms with van der Waals surface area (Å²) < 4.78 is 40.5. The number of nitrogens with zero attached hydrogens (tertiary/aromatic N) is 3. The molecule has 2 heterocycles. The first kappa shape index (κ1) is 23.3. The minimum absolute atomic E-state index is 0.0791. The van der Waals surface area contributed by atoms with Gasteiger partial charge in [0.25, 0.3) is 0 Å². The van der Waals surface area contributed by atoms with Crippen molar-refractivity contribution in [1.29, 1.82) is 0 Å². The van der Waals surface area contributed by atoms with E-state index in [-0.39, 0.29) is 23.7 Å². The molecule has 0 spiro atoms. The Balaban J connectivity index is 1.54. The summed E-state index contributed by atoms with van der Waals surface area (Å²) in [6.45, 7) is 5.86. The summed E-state index contributed by atoms with van der Waals surface area (Å²) in [5.74, 6) is 0.912. The summed E-state index contributed by atoms with van der Waals surface area (Å²) in [5, 5.41) is 22.2. The van der Waals surface area contributed by atoms with Gasteiger partial charge >= 0.3 is 6.18 Å². The van der Waals surface area contributed by atoms with E-state index in [1.54, 1.807) is 13.0 Å². The van der Waals surface area contributed by atoms with E-state index >= 15 is 0 Å². The van der Waals surface area contributed by atoms with Crippen molar-refractivity contribution in [2.75, 3.05) is 10.6 Å². The number of aliphatic hydroxyl groups is 1. The number of anilines is 3. The van der Waals surface area contributed by atoms with Crippen molar-refractivity contribution >= 4 is 17.6 Å². The molecule has 4 rings (SSSR count). The van der Waals surface area contributed by atoms with Gasteiger partial charge in [-0.3, -0.25) is 5.10 Å². The Morgan fingerprint density at radius 1 is 1.09 bits per heavy atom. The van der Waals surface area contributed by atoms with Gasteiger partial charge in [-0.05, 0) is 76.4 Å². The van der Waals surface area contributed by atoms with E-state index in [9.17, 15) is 18.3 Å². The Kier molecular flexibility index (Phi) is 6.47. The van der Waals surface area contributed by atoms with Crippen LogP contribution in [0.4, 0.5) is 30.8 Å². The molecule has 1 atom stereocenters. The normalized spacial score (nSPS) is 24.0. The summed E-state index contributed by atoms with van der Waals surface area (Å²) in [6.07, 6.45) is 2.59. The maximum atomic E-state index is 13.5. The Hall–Kier alpha value is -2.88. The fourth-order valence-corrected chi connectivity index (χ4v) is 4.71. The quantitative estimate of drug-likeness (QED) is 0.470. The van der Waals surface area contributed by atoms with Crippen molar-refractivity contribution < 1.29 is 18.3 Å². The number of aliphatic hydroxyl groups excluding tert-OH is 1. The molecule has 0 bridgehead atoms. The molecule has 0 radical (unpaired) electrons. The van der Waals surface area contributed by atoms with Gasteiger partial charge in [0, 0.05) is 23.7 Å². The van der Waals surface area contributed by atoms with Crippen LogP contribution < -0.4 is 10.6 Å². The number of H-pyrrole nitrogens is 1. The van der Waals surface area contributed by atoms with E-state index in [1.807, 2.05) is 13.0 Å². The standard InChI is InChI=1S/C23H29F3N6O/c1-12-9-19(13(2)8-17(12)15-4-6-16(33)7-5-15)28-22-27-11-18(23(24,25)26)21(30-22)29-20-10-14(3)31-32-20/h9-11,15-17,33H,4-8H2,1-3H3,(H3,27,28,29,30,31,32)/t15?,16?,17-/m1/s1. The second kappa shape index (κ2) is 9.17. The zero-order valence-electron chi connectivity index (χ0n) is 18.9. The molecular weight excluding hydrogens is 433 g/mol. The fourth-order valence-electron chi connectivity index (χ4n) is 4.71. The molecule has 1 fully saturated rings. The van der Waals surface area contributed by atoms with Gasteiger partial charge in [-0.1, -0.05) is 5.57 Å². The molecular formula is C23H29F3N6O. The lowest BCUT2D eigenvalue weighted by Gasteiger charge is -2.35. The second-order valence-electron chi connectivity index (χ2n) is 9.10. The van der Waals surface area contributed by atoms with Crippen molar-refractivity contribution in [2.24, 2.45) is 11.8 Å². The average molecular weight is 463 g/mol. The molecule has 0 aliphatic heterocycles. The SMILES string of the molecule is CC1=CC(Nc2ncc(C(F)(F)F)c(Nc3cc(C)[nH]n3)n2)=C(C)C[C@H]1C1CCC(O)CC1. The molecule has 0 amide bonds. The smallest absolute Gasteiger partial charge is 0.393 e. The molecule has 10 heteroatoms. The fraction of sp³-hybridized carbons (Fsp3) is 0.522. The molecule has 0 unspecified atom stereocenters. The van der Waals surface area contributed by atoms with E-state index in [0.29, 0.717) is 17.5 Å². The number of aromatic nitrogens is 4. The Morgan fingerprint density at radius 3 is 2.45 bits per heavy atom.